The second-order valence-corrected chi connectivity index (χ2v) is 16.0. The van der Waals surface area contributed by atoms with Crippen molar-refractivity contribution in [3.05, 3.63) is 179 Å². The van der Waals surface area contributed by atoms with Crippen LogP contribution in [0.5, 0.6) is 0 Å². The van der Waals surface area contributed by atoms with E-state index in [1.807, 2.05) is 218 Å². The van der Waals surface area contributed by atoms with Gasteiger partial charge in [0.15, 0.2) is 23.1 Å². The van der Waals surface area contributed by atoms with Gasteiger partial charge in [0.25, 0.3) is 0 Å². The summed E-state index contributed by atoms with van der Waals surface area (Å²) in [6.07, 6.45) is 3.41. The third-order valence-corrected chi connectivity index (χ3v) is 9.77. The number of carbonyl (C=O) groups is 2. The van der Waals surface area contributed by atoms with Crippen LogP contribution in [0.15, 0.2) is 143 Å². The van der Waals surface area contributed by atoms with Crippen molar-refractivity contribution in [2.24, 2.45) is 0 Å². The smallest absolute Gasteiger partial charge is 0.168 e. The molecular weight excluding hydrogens is 793 g/mol. The van der Waals surface area contributed by atoms with Crippen molar-refractivity contribution < 1.29 is 18.6 Å². The molecule has 0 spiro atoms. The van der Waals surface area contributed by atoms with Crippen LogP contribution in [0.2, 0.25) is 0 Å². The molecule has 0 saturated carbocycles. The first kappa shape index (κ1) is 55.6. The number of ketones is 2. The molecule has 340 valence electrons. The maximum absolute atomic E-state index is 13.2. The molecule has 0 fully saturated rings. The highest BCUT2D eigenvalue weighted by molar-refractivity contribution is 5.98. The second-order valence-electron chi connectivity index (χ2n) is 16.0. The van der Waals surface area contributed by atoms with Crippen molar-refractivity contribution >= 4 is 11.6 Å². The van der Waals surface area contributed by atoms with Gasteiger partial charge in [-0.1, -0.05) is 229 Å². The summed E-state index contributed by atoms with van der Waals surface area (Å²) in [5, 5.41) is 27.6. The molecule has 0 aliphatic rings. The van der Waals surface area contributed by atoms with Gasteiger partial charge in [-0.2, -0.15) is 10.5 Å². The average Bonchev–Trinajstić information content (AvgIpc) is 4.06. The van der Waals surface area contributed by atoms with Gasteiger partial charge in [-0.05, 0) is 22.3 Å². The van der Waals surface area contributed by atoms with Gasteiger partial charge in [0.2, 0.25) is 0 Å². The van der Waals surface area contributed by atoms with Gasteiger partial charge in [-0.15, -0.1) is 0 Å². The zero-order valence-electron chi connectivity index (χ0n) is 40.8. The van der Waals surface area contributed by atoms with E-state index in [2.05, 4.69) is 22.5 Å². The van der Waals surface area contributed by atoms with Crippen molar-refractivity contribution in [2.75, 3.05) is 0 Å². The second kappa shape index (κ2) is 29.1. The first-order valence-electron chi connectivity index (χ1n) is 22.8. The summed E-state index contributed by atoms with van der Waals surface area (Å²) in [7, 11) is 0. The van der Waals surface area contributed by atoms with Crippen molar-refractivity contribution in [3.63, 3.8) is 0 Å². The van der Waals surface area contributed by atoms with Crippen LogP contribution >= 0.6 is 0 Å². The zero-order valence-corrected chi connectivity index (χ0v) is 40.8. The molecular formula is C56H72N4O4. The normalized spacial score (nSPS) is 12.2. The minimum Gasteiger partial charge on any atom is -0.360 e. The van der Waals surface area contributed by atoms with Gasteiger partial charge in [0.05, 0.1) is 47.5 Å². The van der Waals surface area contributed by atoms with Crippen LogP contribution < -0.4 is 0 Å². The van der Waals surface area contributed by atoms with E-state index in [1.165, 1.54) is 12.4 Å². The molecule has 8 nitrogen and oxygen atoms in total. The van der Waals surface area contributed by atoms with E-state index in [0.29, 0.717) is 22.6 Å². The summed E-state index contributed by atoms with van der Waals surface area (Å²) in [4.78, 5) is 26.4. The number of Topliss-reactive ketones (excluding diaryl/α,β-unsaturated/α-hetero) is 2. The average molecular weight is 865 g/mol. The van der Waals surface area contributed by atoms with Crippen LogP contribution in [0.4, 0.5) is 0 Å². The number of rotatable bonds is 12. The zero-order chi connectivity index (χ0) is 48.3. The van der Waals surface area contributed by atoms with E-state index >= 15 is 0 Å². The predicted molar refractivity (Wildman–Crippen MR) is 262 cm³/mol. The topological polar surface area (TPSA) is 134 Å². The van der Waals surface area contributed by atoms with Crippen LogP contribution in [0, 0.1) is 22.7 Å². The molecule has 8 heteroatoms. The van der Waals surface area contributed by atoms with Crippen molar-refractivity contribution in [3.8, 4) is 12.1 Å². The van der Waals surface area contributed by atoms with Crippen molar-refractivity contribution in [1.29, 1.82) is 10.5 Å². The Kier molecular flexibility index (Phi) is 25.3. The molecule has 2 aromatic heterocycles. The van der Waals surface area contributed by atoms with Crippen molar-refractivity contribution in [1.82, 2.24) is 10.3 Å². The Morgan fingerprint density at radius 3 is 0.953 bits per heavy atom. The Hall–Kier alpha value is -6.38. The van der Waals surface area contributed by atoms with Gasteiger partial charge in [-0.3, -0.25) is 9.59 Å². The fourth-order valence-corrected chi connectivity index (χ4v) is 6.95. The lowest BCUT2D eigenvalue weighted by atomic mass is 9.78. The molecule has 0 aliphatic carbocycles. The number of benzene rings is 4. The Morgan fingerprint density at radius 1 is 0.469 bits per heavy atom. The van der Waals surface area contributed by atoms with Crippen LogP contribution in [0.3, 0.4) is 0 Å². The van der Waals surface area contributed by atoms with E-state index in [9.17, 15) is 20.1 Å². The van der Waals surface area contributed by atoms with Gasteiger partial charge in [0, 0.05) is 35.5 Å². The van der Waals surface area contributed by atoms with Crippen LogP contribution in [0.1, 0.15) is 188 Å². The molecule has 2 heterocycles. The fourth-order valence-electron chi connectivity index (χ4n) is 6.95. The minimum atomic E-state index is -0.425. The lowest BCUT2D eigenvalue weighted by Crippen LogP contribution is -2.18. The van der Waals surface area contributed by atoms with E-state index in [-0.39, 0.29) is 47.1 Å². The maximum atomic E-state index is 13.2. The SMILES string of the molecule is CC.CC.CC.CC.CC(C)(C)c1oncc1C(=O)C[C@@H](c1ccccc1)[C@@H](C#N)c1ccccc1.CC(C)(C)c1oncc1C(=O)C[C@H](c1ccccc1)[C@H](C#N)c1ccccc1. The van der Waals surface area contributed by atoms with Gasteiger partial charge in [-0.25, -0.2) is 0 Å². The highest BCUT2D eigenvalue weighted by Gasteiger charge is 2.33. The summed E-state index contributed by atoms with van der Waals surface area (Å²) < 4.78 is 10.7. The molecule has 0 bridgehead atoms. The lowest BCUT2D eigenvalue weighted by molar-refractivity contribution is 0.0959. The third-order valence-electron chi connectivity index (χ3n) is 9.77. The summed E-state index contributed by atoms with van der Waals surface area (Å²) in [6, 6.07) is 43.6. The molecule has 0 aliphatic heterocycles. The molecule has 0 radical (unpaired) electrons. The first-order valence-corrected chi connectivity index (χ1v) is 22.8. The maximum Gasteiger partial charge on any atom is 0.168 e. The van der Waals surface area contributed by atoms with E-state index < -0.39 is 11.8 Å². The number of hydrogen-bond acceptors (Lipinski definition) is 8. The molecule has 6 aromatic rings. The molecule has 6 rings (SSSR count). The number of nitrogens with zero attached hydrogens (tertiary/aromatic N) is 4. The van der Waals surface area contributed by atoms with Crippen LogP contribution in [-0.2, 0) is 10.8 Å². The Morgan fingerprint density at radius 2 is 0.719 bits per heavy atom. The van der Waals surface area contributed by atoms with Gasteiger partial charge in [0.1, 0.15) is 0 Å². The lowest BCUT2D eigenvalue weighted by Gasteiger charge is -2.23. The molecule has 0 saturated heterocycles. The van der Waals surface area contributed by atoms with Gasteiger partial charge < -0.3 is 9.05 Å². The van der Waals surface area contributed by atoms with Crippen LogP contribution in [-0.4, -0.2) is 21.9 Å². The van der Waals surface area contributed by atoms with E-state index in [4.69, 9.17) is 9.05 Å². The van der Waals surface area contributed by atoms with Gasteiger partial charge >= 0.3 is 0 Å². The standard InChI is InChI=1S/2C24H24N2O2.4C2H6/c2*1-24(2,3)23-21(16-26-28-23)22(27)14-19(17-10-6-4-7-11-17)20(15-25)18-12-8-5-9-13-18;4*1-2/h2*4-13,16,19-20H,14H2,1-3H3;4*1-2H3/t2*19-,20-;;;;/m10..../s1. The monoisotopic (exact) mass is 865 g/mol. The number of aromatic nitrogens is 2. The molecule has 4 aromatic carbocycles. The Bertz CT molecular complexity index is 2090. The Balaban J connectivity index is 0.000000554. The first-order chi connectivity index (χ1) is 30.8. The quantitative estimate of drug-likeness (QED) is 0.111. The van der Waals surface area contributed by atoms with E-state index in [0.717, 1.165) is 22.3 Å². The molecule has 0 amide bonds. The molecule has 4 atom stereocenters. The number of carbonyl (C=O) groups excluding carboxylic acids is 2. The fraction of sp³-hybridized carbons (Fsp3) is 0.393. The van der Waals surface area contributed by atoms with Crippen LogP contribution in [0.25, 0.3) is 0 Å². The summed E-state index contributed by atoms with van der Waals surface area (Å²) in [5.41, 5.74) is 4.12. The number of nitriles is 2. The predicted octanol–water partition coefficient (Wildman–Crippen LogP) is 15.4. The molecule has 0 N–H and O–H groups in total. The summed E-state index contributed by atoms with van der Waals surface area (Å²) in [6.45, 7) is 27.9. The highest BCUT2D eigenvalue weighted by Crippen LogP contribution is 2.39. The van der Waals surface area contributed by atoms with E-state index in [1.54, 1.807) is 0 Å². The van der Waals surface area contributed by atoms with Crippen molar-refractivity contribution in [2.45, 2.75) is 144 Å². The summed E-state index contributed by atoms with van der Waals surface area (Å²) in [5.74, 6) is -0.328. The molecule has 64 heavy (non-hydrogen) atoms. The third kappa shape index (κ3) is 16.1. The summed E-state index contributed by atoms with van der Waals surface area (Å²) >= 11 is 0. The Labute approximate surface area is 384 Å². The molecule has 0 unspecified atom stereocenters. The largest absolute Gasteiger partial charge is 0.360 e. The minimum absolute atomic E-state index is 0.0591. The highest BCUT2D eigenvalue weighted by atomic mass is 16.5. The number of hydrogen-bond donors (Lipinski definition) is 0.